The lowest BCUT2D eigenvalue weighted by Gasteiger charge is -2.45. The molecule has 5 rings (SSSR count). The first kappa shape index (κ1) is 33.8. The molecular weight excluding hydrogens is 629 g/mol. The minimum atomic E-state index is -3.01. The highest BCUT2D eigenvalue weighted by Crippen LogP contribution is 2.52. The number of aromatic nitrogens is 2. The Hall–Kier alpha value is -3.05. The maximum absolute atomic E-state index is 14.7. The van der Waals surface area contributed by atoms with Crippen molar-refractivity contribution in [3.05, 3.63) is 67.9 Å². The van der Waals surface area contributed by atoms with Gasteiger partial charge in [-0.15, -0.1) is 11.3 Å². The molecule has 240 valence electrons. The highest BCUT2D eigenvalue weighted by Gasteiger charge is 2.51. The van der Waals surface area contributed by atoms with E-state index in [-0.39, 0.29) is 11.4 Å². The number of rotatable bonds is 8. The van der Waals surface area contributed by atoms with Crippen molar-refractivity contribution in [2.24, 2.45) is 0 Å². The largest absolute Gasteiger partial charge is 0.479 e. The number of aryl methyl sites for hydroxylation is 1. The van der Waals surface area contributed by atoms with E-state index in [0.717, 1.165) is 16.8 Å². The van der Waals surface area contributed by atoms with Crippen molar-refractivity contribution in [3.8, 4) is 5.69 Å². The number of benzene rings is 1. The number of likely N-dealkylation sites (tertiary alicyclic amines) is 1. The fraction of sp³-hybridized carbons (Fsp3) is 0.464. The predicted octanol–water partition coefficient (Wildman–Crippen LogP) is 3.24. The van der Waals surface area contributed by atoms with Gasteiger partial charge in [0.1, 0.15) is 23.7 Å². The summed E-state index contributed by atoms with van der Waals surface area (Å²) < 4.78 is 51.2. The summed E-state index contributed by atoms with van der Waals surface area (Å²) >= 11 is 7.31. The van der Waals surface area contributed by atoms with Crippen molar-refractivity contribution in [2.45, 2.75) is 56.6 Å². The molecule has 0 amide bonds. The van der Waals surface area contributed by atoms with Crippen molar-refractivity contribution in [3.63, 3.8) is 0 Å². The number of ether oxygens (including phenoxy) is 1. The molecule has 2 aliphatic rings. The Balaban J connectivity index is 0.000000382. The molecule has 3 aromatic rings. The Morgan fingerprint density at radius 2 is 1.80 bits per heavy atom. The van der Waals surface area contributed by atoms with Crippen LogP contribution in [0.4, 0.5) is 13.2 Å². The Kier molecular flexibility index (Phi) is 10.4. The molecule has 2 aliphatic heterocycles. The zero-order valence-electron chi connectivity index (χ0n) is 23.8. The lowest BCUT2D eigenvalue weighted by atomic mass is 9.84. The highest BCUT2D eigenvalue weighted by molar-refractivity contribution is 7.16. The first-order chi connectivity index (χ1) is 20.7. The van der Waals surface area contributed by atoms with Crippen LogP contribution in [0.25, 0.3) is 5.69 Å². The number of thiophene rings is 1. The Labute approximate surface area is 259 Å². The number of alkyl halides is 2. The summed E-state index contributed by atoms with van der Waals surface area (Å²) in [6.07, 6.45) is -1.43. The number of carboxylic acid groups (broad SMARTS) is 2. The average Bonchev–Trinajstić information content (AvgIpc) is 3.55. The monoisotopic (exact) mass is 660 g/mol. The summed E-state index contributed by atoms with van der Waals surface area (Å²) in [6.45, 7) is 3.86. The molecule has 44 heavy (non-hydrogen) atoms. The average molecular weight is 661 g/mol. The second-order valence-corrected chi connectivity index (χ2v) is 12.3. The van der Waals surface area contributed by atoms with E-state index in [9.17, 15) is 22.8 Å². The number of piperidine rings is 1. The minimum absolute atomic E-state index is 0.0154. The number of aliphatic carboxylic acids is 2. The van der Waals surface area contributed by atoms with Crippen LogP contribution >= 0.6 is 22.9 Å². The van der Waals surface area contributed by atoms with Crippen LogP contribution in [-0.2, 0) is 38.9 Å². The van der Waals surface area contributed by atoms with E-state index in [1.807, 2.05) is 26.2 Å². The first-order valence-electron chi connectivity index (χ1n) is 13.5. The number of carbonyl (C=O) groups is 2. The van der Waals surface area contributed by atoms with Gasteiger partial charge in [-0.3, -0.25) is 4.90 Å². The van der Waals surface area contributed by atoms with Gasteiger partial charge in [0.2, 0.25) is 0 Å². The van der Waals surface area contributed by atoms with E-state index in [0.29, 0.717) is 53.9 Å². The van der Waals surface area contributed by atoms with Gasteiger partial charge in [-0.1, -0.05) is 23.7 Å². The quantitative estimate of drug-likeness (QED) is 0.243. The maximum Gasteiger partial charge on any atom is 0.335 e. The molecule has 1 fully saturated rings. The predicted molar refractivity (Wildman–Crippen MR) is 154 cm³/mol. The number of fused-ring (bicyclic) bond motifs is 2. The number of aliphatic hydroxyl groups excluding tert-OH is 2. The van der Waals surface area contributed by atoms with Crippen molar-refractivity contribution in [1.82, 2.24) is 20.0 Å². The molecule has 0 saturated carbocycles. The smallest absolute Gasteiger partial charge is 0.335 e. The highest BCUT2D eigenvalue weighted by atomic mass is 35.5. The van der Waals surface area contributed by atoms with Crippen LogP contribution in [0.1, 0.15) is 40.1 Å². The third-order valence-electron chi connectivity index (χ3n) is 7.57. The van der Waals surface area contributed by atoms with Crippen LogP contribution in [0, 0.1) is 12.7 Å². The van der Waals surface area contributed by atoms with Crippen LogP contribution in [0.3, 0.4) is 0 Å². The molecule has 1 aromatic carbocycles. The standard InChI is InChI=1S/C24H26ClF3N4OS.C4H6O6/c1-15-17(13-32(30-15)21-16(11-29-2)4-3-5-19(21)26)12-31-8-6-23(7-9-31)22-18(10-20(25)34-22)24(27,28)14-33-23;5-1(3(7)8)2(6)4(9)10/h3-5,10,13,29H,6-9,11-12,14H2,1-2H3;1-2,5-6H,(H,7,8)(H,9,10). The van der Waals surface area contributed by atoms with Gasteiger partial charge in [0.25, 0.3) is 5.92 Å². The number of hydrogen-bond donors (Lipinski definition) is 5. The molecule has 2 aromatic heterocycles. The van der Waals surface area contributed by atoms with E-state index in [2.05, 4.69) is 15.3 Å². The Morgan fingerprint density at radius 3 is 2.39 bits per heavy atom. The van der Waals surface area contributed by atoms with Crippen LogP contribution in [0.2, 0.25) is 4.34 Å². The lowest BCUT2D eigenvalue weighted by molar-refractivity contribution is -0.182. The second-order valence-electron chi connectivity index (χ2n) is 10.6. The van der Waals surface area contributed by atoms with E-state index in [1.54, 1.807) is 10.7 Å². The molecule has 4 heterocycles. The van der Waals surface area contributed by atoms with Gasteiger partial charge in [0.15, 0.2) is 12.2 Å². The van der Waals surface area contributed by atoms with Crippen molar-refractivity contribution < 1.29 is 47.9 Å². The lowest BCUT2D eigenvalue weighted by Crippen LogP contribution is -2.48. The van der Waals surface area contributed by atoms with Gasteiger partial charge < -0.3 is 30.5 Å². The molecule has 0 aliphatic carbocycles. The molecule has 0 bridgehead atoms. The topological polar surface area (TPSA) is 157 Å². The van der Waals surface area contributed by atoms with Crippen molar-refractivity contribution >= 4 is 34.9 Å². The molecule has 2 unspecified atom stereocenters. The molecule has 1 spiro atoms. The van der Waals surface area contributed by atoms with Crippen LogP contribution in [0.5, 0.6) is 0 Å². The number of nitrogens with zero attached hydrogens (tertiary/aromatic N) is 3. The minimum Gasteiger partial charge on any atom is -0.479 e. The molecule has 2 atom stereocenters. The van der Waals surface area contributed by atoms with E-state index in [1.165, 1.54) is 23.5 Å². The van der Waals surface area contributed by atoms with E-state index >= 15 is 0 Å². The van der Waals surface area contributed by atoms with Gasteiger partial charge in [0, 0.05) is 48.4 Å². The zero-order valence-corrected chi connectivity index (χ0v) is 25.3. The van der Waals surface area contributed by atoms with Gasteiger partial charge in [0.05, 0.1) is 10.0 Å². The summed E-state index contributed by atoms with van der Waals surface area (Å²) in [5.74, 6) is -6.87. The van der Waals surface area contributed by atoms with Gasteiger partial charge >= 0.3 is 11.9 Å². The summed E-state index contributed by atoms with van der Waals surface area (Å²) in [5, 5.41) is 40.2. The molecule has 16 heteroatoms. The Morgan fingerprint density at radius 1 is 1.16 bits per heavy atom. The SMILES string of the molecule is CNCc1cccc(F)c1-n1cc(CN2CCC3(CC2)OCC(F)(F)c2cc(Cl)sc23)c(C)n1.O=C(O)C(O)C(O)C(=O)O. The van der Waals surface area contributed by atoms with Gasteiger partial charge in [-0.05, 0) is 44.5 Å². The summed E-state index contributed by atoms with van der Waals surface area (Å²) in [7, 11) is 1.82. The Bertz CT molecular complexity index is 1490. The fourth-order valence-electron chi connectivity index (χ4n) is 5.21. The van der Waals surface area contributed by atoms with E-state index in [4.69, 9.17) is 36.8 Å². The number of aliphatic hydroxyl groups is 2. The van der Waals surface area contributed by atoms with Crippen LogP contribution < -0.4 is 5.32 Å². The third-order valence-corrected chi connectivity index (χ3v) is 9.02. The van der Waals surface area contributed by atoms with Crippen molar-refractivity contribution in [2.75, 3.05) is 26.7 Å². The normalized spacial score (nSPS) is 18.6. The molecule has 11 nitrogen and oxygen atoms in total. The molecular formula is C28H32ClF3N4O7S. The zero-order chi connectivity index (χ0) is 32.4. The number of hydrogen-bond acceptors (Lipinski definition) is 9. The molecule has 1 saturated heterocycles. The van der Waals surface area contributed by atoms with Gasteiger partial charge in [-0.2, -0.15) is 13.9 Å². The number of para-hydroxylation sites is 1. The third kappa shape index (κ3) is 7.09. The summed E-state index contributed by atoms with van der Waals surface area (Å²) in [6, 6.07) is 6.41. The van der Waals surface area contributed by atoms with Gasteiger partial charge in [-0.25, -0.2) is 18.7 Å². The molecule has 5 N–H and O–H groups in total. The van der Waals surface area contributed by atoms with Crippen molar-refractivity contribution in [1.29, 1.82) is 0 Å². The van der Waals surface area contributed by atoms with Crippen LogP contribution in [0.15, 0.2) is 30.5 Å². The number of nitrogens with one attached hydrogen (secondary N) is 1. The van der Waals surface area contributed by atoms with Crippen LogP contribution in [-0.4, -0.2) is 86.0 Å². The summed E-state index contributed by atoms with van der Waals surface area (Å²) in [5.41, 5.74) is 2.42. The second kappa shape index (κ2) is 13.5. The van der Waals surface area contributed by atoms with E-state index < -0.39 is 42.3 Å². The molecule has 0 radical (unpaired) electrons. The first-order valence-corrected chi connectivity index (χ1v) is 14.7. The number of carboxylic acids is 2. The number of halogens is 4. The maximum atomic E-state index is 14.7. The summed E-state index contributed by atoms with van der Waals surface area (Å²) in [4.78, 5) is 22.4. The fourth-order valence-corrected chi connectivity index (χ4v) is 6.69.